The number of aromatic nitrogens is 1. The molecule has 0 bridgehead atoms. The number of nitrogens with zero attached hydrogens (tertiary/aromatic N) is 2. The van der Waals surface area contributed by atoms with Crippen molar-refractivity contribution in [1.29, 1.82) is 0 Å². The summed E-state index contributed by atoms with van der Waals surface area (Å²) < 4.78 is 13.8. The Hall–Kier alpha value is -0.810. The summed E-state index contributed by atoms with van der Waals surface area (Å²) in [6.07, 6.45) is 2.45. The molecule has 1 fully saturated rings. The van der Waals surface area contributed by atoms with Gasteiger partial charge in [0.25, 0.3) is 0 Å². The quantitative estimate of drug-likeness (QED) is 0.922. The topological polar surface area (TPSA) is 28.2 Å². The minimum atomic E-state index is -0.260. The lowest BCUT2D eigenvalue weighted by Gasteiger charge is -2.25. The van der Waals surface area contributed by atoms with Gasteiger partial charge in [-0.2, -0.15) is 11.8 Å². The number of pyridine rings is 1. The van der Waals surface area contributed by atoms with E-state index in [4.69, 9.17) is 0 Å². The maximum atomic E-state index is 13.5. The van der Waals surface area contributed by atoms with Crippen molar-refractivity contribution in [2.24, 2.45) is 0 Å². The van der Waals surface area contributed by atoms with E-state index >= 15 is 0 Å². The summed E-state index contributed by atoms with van der Waals surface area (Å²) in [6, 6.07) is 1.99. The normalized spacial score (nSPS) is 18.9. The van der Waals surface area contributed by atoms with Gasteiger partial charge in [-0.1, -0.05) is 27.7 Å². The standard InChI is InChI=1S/C16H26FN3S/c1-12(2)18-10-13-9-14(17)11-19-15(13)20-6-5-16(3,4)21-8-7-20/h9,11-12,18H,5-8,10H2,1-4H3. The molecule has 2 rings (SSSR count). The zero-order valence-electron chi connectivity index (χ0n) is 13.4. The Balaban J connectivity index is 2.17. The molecule has 0 atom stereocenters. The second kappa shape index (κ2) is 6.97. The van der Waals surface area contributed by atoms with Crippen molar-refractivity contribution in [3.63, 3.8) is 0 Å². The molecule has 1 saturated heterocycles. The summed E-state index contributed by atoms with van der Waals surface area (Å²) in [6.45, 7) is 11.4. The van der Waals surface area contributed by atoms with Crippen molar-refractivity contribution in [1.82, 2.24) is 10.3 Å². The van der Waals surface area contributed by atoms with Gasteiger partial charge < -0.3 is 10.2 Å². The van der Waals surface area contributed by atoms with Crippen LogP contribution in [0.4, 0.5) is 10.2 Å². The highest BCUT2D eigenvalue weighted by atomic mass is 32.2. The van der Waals surface area contributed by atoms with Gasteiger partial charge in [0.15, 0.2) is 0 Å². The highest BCUT2D eigenvalue weighted by molar-refractivity contribution is 8.00. The summed E-state index contributed by atoms with van der Waals surface area (Å²) in [5.74, 6) is 1.76. The Morgan fingerprint density at radius 2 is 2.19 bits per heavy atom. The minimum Gasteiger partial charge on any atom is -0.355 e. The van der Waals surface area contributed by atoms with Crippen LogP contribution in [0.15, 0.2) is 12.3 Å². The van der Waals surface area contributed by atoms with Gasteiger partial charge in [0.2, 0.25) is 0 Å². The van der Waals surface area contributed by atoms with Gasteiger partial charge in [-0.05, 0) is 12.5 Å². The van der Waals surface area contributed by atoms with Crippen molar-refractivity contribution >= 4 is 17.6 Å². The fourth-order valence-corrected chi connectivity index (χ4v) is 3.53. The first-order valence-corrected chi connectivity index (χ1v) is 8.63. The van der Waals surface area contributed by atoms with Gasteiger partial charge >= 0.3 is 0 Å². The van der Waals surface area contributed by atoms with Crippen LogP contribution in [0.5, 0.6) is 0 Å². The number of rotatable bonds is 4. The second-order valence-electron chi connectivity index (χ2n) is 6.52. The first kappa shape index (κ1) is 16.6. The third kappa shape index (κ3) is 4.85. The largest absolute Gasteiger partial charge is 0.355 e. The van der Waals surface area contributed by atoms with E-state index in [1.807, 2.05) is 11.8 Å². The van der Waals surface area contributed by atoms with Gasteiger partial charge in [0.1, 0.15) is 11.6 Å². The first-order chi connectivity index (χ1) is 9.87. The maximum Gasteiger partial charge on any atom is 0.141 e. The van der Waals surface area contributed by atoms with Gasteiger partial charge in [-0.3, -0.25) is 0 Å². The van der Waals surface area contributed by atoms with E-state index < -0.39 is 0 Å². The Bertz CT molecular complexity index is 477. The fraction of sp³-hybridized carbons (Fsp3) is 0.688. The highest BCUT2D eigenvalue weighted by Crippen LogP contribution is 2.32. The zero-order valence-corrected chi connectivity index (χ0v) is 14.3. The van der Waals surface area contributed by atoms with Crippen LogP contribution in [0, 0.1) is 5.82 Å². The predicted octanol–water partition coefficient (Wildman–Crippen LogP) is 3.44. The van der Waals surface area contributed by atoms with Crippen LogP contribution in [0.1, 0.15) is 39.7 Å². The lowest BCUT2D eigenvalue weighted by atomic mass is 10.1. The van der Waals surface area contributed by atoms with Crippen LogP contribution in [0.2, 0.25) is 0 Å². The van der Waals surface area contributed by atoms with Crippen LogP contribution in [0.25, 0.3) is 0 Å². The zero-order chi connectivity index (χ0) is 15.5. The number of thioether (sulfide) groups is 1. The van der Waals surface area contributed by atoms with Gasteiger partial charge in [0.05, 0.1) is 6.20 Å². The molecule has 1 aliphatic heterocycles. The molecule has 5 heteroatoms. The second-order valence-corrected chi connectivity index (χ2v) is 8.32. The fourth-order valence-electron chi connectivity index (χ4n) is 2.44. The molecule has 1 N–H and O–H groups in total. The van der Waals surface area contributed by atoms with E-state index in [1.54, 1.807) is 6.07 Å². The molecule has 0 aliphatic carbocycles. The Kier molecular flexibility index (Phi) is 5.49. The molecule has 0 spiro atoms. The monoisotopic (exact) mass is 311 g/mol. The molecule has 2 heterocycles. The molecule has 3 nitrogen and oxygen atoms in total. The molecule has 0 aromatic carbocycles. The van der Waals surface area contributed by atoms with Gasteiger partial charge in [0, 0.05) is 41.7 Å². The number of anilines is 1. The van der Waals surface area contributed by atoms with Crippen molar-refractivity contribution in [3.8, 4) is 0 Å². The lowest BCUT2D eigenvalue weighted by molar-refractivity contribution is 0.574. The summed E-state index contributed by atoms with van der Waals surface area (Å²) in [5, 5.41) is 3.36. The van der Waals surface area contributed by atoms with E-state index in [0.29, 0.717) is 17.3 Å². The third-order valence-corrected chi connectivity index (χ3v) is 5.12. The molecule has 0 saturated carbocycles. The first-order valence-electron chi connectivity index (χ1n) is 7.64. The third-order valence-electron chi connectivity index (χ3n) is 3.75. The number of hydrogen-bond donors (Lipinski definition) is 1. The highest BCUT2D eigenvalue weighted by Gasteiger charge is 2.25. The summed E-state index contributed by atoms with van der Waals surface area (Å²) in [5.41, 5.74) is 0.952. The molecule has 21 heavy (non-hydrogen) atoms. The number of halogens is 1. The maximum absolute atomic E-state index is 13.5. The molecule has 0 unspecified atom stereocenters. The predicted molar refractivity (Wildman–Crippen MR) is 89.5 cm³/mol. The molecular weight excluding hydrogens is 285 g/mol. The van der Waals surface area contributed by atoms with E-state index in [-0.39, 0.29) is 5.82 Å². The van der Waals surface area contributed by atoms with Crippen LogP contribution in [-0.4, -0.2) is 34.6 Å². The summed E-state index contributed by atoms with van der Waals surface area (Å²) >= 11 is 2.01. The molecule has 118 valence electrons. The van der Waals surface area contributed by atoms with Crippen LogP contribution < -0.4 is 10.2 Å². The van der Waals surface area contributed by atoms with E-state index in [0.717, 1.165) is 36.6 Å². The van der Waals surface area contributed by atoms with E-state index in [1.165, 1.54) is 6.20 Å². The van der Waals surface area contributed by atoms with E-state index in [2.05, 4.69) is 42.9 Å². The average molecular weight is 311 g/mol. The minimum absolute atomic E-state index is 0.260. The Morgan fingerprint density at radius 1 is 1.43 bits per heavy atom. The van der Waals surface area contributed by atoms with Crippen LogP contribution in [0.3, 0.4) is 0 Å². The van der Waals surface area contributed by atoms with Crippen molar-refractivity contribution in [2.45, 2.75) is 51.4 Å². The Labute approximate surface area is 131 Å². The number of hydrogen-bond acceptors (Lipinski definition) is 4. The molecular formula is C16H26FN3S. The van der Waals surface area contributed by atoms with Crippen LogP contribution in [-0.2, 0) is 6.54 Å². The smallest absolute Gasteiger partial charge is 0.141 e. The molecule has 0 radical (unpaired) electrons. The van der Waals surface area contributed by atoms with Crippen molar-refractivity contribution in [3.05, 3.63) is 23.6 Å². The summed E-state index contributed by atoms with van der Waals surface area (Å²) in [4.78, 5) is 6.68. The summed E-state index contributed by atoms with van der Waals surface area (Å²) in [7, 11) is 0. The van der Waals surface area contributed by atoms with Gasteiger partial charge in [-0.15, -0.1) is 0 Å². The molecule has 1 aromatic heterocycles. The van der Waals surface area contributed by atoms with Crippen LogP contribution >= 0.6 is 11.8 Å². The SMILES string of the molecule is CC(C)NCc1cc(F)cnc1N1CCSC(C)(C)CC1. The average Bonchev–Trinajstić information content (AvgIpc) is 2.57. The molecule has 1 aromatic rings. The van der Waals surface area contributed by atoms with E-state index in [9.17, 15) is 4.39 Å². The number of nitrogens with one attached hydrogen (secondary N) is 1. The van der Waals surface area contributed by atoms with Crippen molar-refractivity contribution in [2.75, 3.05) is 23.7 Å². The van der Waals surface area contributed by atoms with Crippen molar-refractivity contribution < 1.29 is 4.39 Å². The molecule has 0 amide bonds. The lowest BCUT2D eigenvalue weighted by Crippen LogP contribution is -2.30. The Morgan fingerprint density at radius 3 is 2.90 bits per heavy atom. The van der Waals surface area contributed by atoms with Gasteiger partial charge in [-0.25, -0.2) is 9.37 Å². The molecule has 1 aliphatic rings.